The number of carbonyl (C=O) groups is 2. The summed E-state index contributed by atoms with van der Waals surface area (Å²) in [5, 5.41) is 5.20. The zero-order valence-corrected chi connectivity index (χ0v) is 16.8. The number of esters is 1. The fourth-order valence-electron chi connectivity index (χ4n) is 2.78. The first kappa shape index (κ1) is 19.8. The Morgan fingerprint density at radius 3 is 2.83 bits per heavy atom. The van der Waals surface area contributed by atoms with Gasteiger partial charge in [-0.3, -0.25) is 14.6 Å². The van der Waals surface area contributed by atoms with Crippen LogP contribution >= 0.6 is 11.3 Å². The van der Waals surface area contributed by atoms with Gasteiger partial charge in [0.25, 0.3) is 5.91 Å². The molecule has 0 radical (unpaired) electrons. The Morgan fingerprint density at radius 2 is 2.00 bits per heavy atom. The summed E-state index contributed by atoms with van der Waals surface area (Å²) in [6, 6.07) is 12.9. The number of ether oxygens (including phenoxy) is 3. The van der Waals surface area contributed by atoms with Gasteiger partial charge in [-0.1, -0.05) is 18.2 Å². The molecular formula is C21H19N3O5S. The summed E-state index contributed by atoms with van der Waals surface area (Å²) in [7, 11) is 0. The SMILES string of the molecule is O=C(COC(=O)Cc1csc(-c2ccccn2)n1)NCC1COc2ccccc2O1. The van der Waals surface area contributed by atoms with E-state index in [9.17, 15) is 9.59 Å². The highest BCUT2D eigenvalue weighted by Gasteiger charge is 2.21. The molecule has 0 fully saturated rings. The summed E-state index contributed by atoms with van der Waals surface area (Å²) in [6.07, 6.45) is 1.37. The molecule has 1 N–H and O–H groups in total. The summed E-state index contributed by atoms with van der Waals surface area (Å²) in [4.78, 5) is 32.6. The number of hydrogen-bond donors (Lipinski definition) is 1. The number of rotatable bonds is 7. The maximum Gasteiger partial charge on any atom is 0.312 e. The monoisotopic (exact) mass is 425 g/mol. The normalized spacial score (nSPS) is 14.7. The standard InChI is InChI=1S/C21H19N3O5S/c25-19(23-10-15-11-27-17-6-1-2-7-18(17)29-15)12-28-20(26)9-14-13-30-21(24-14)16-5-3-4-8-22-16/h1-8,13,15H,9-12H2,(H,23,25). The maximum absolute atomic E-state index is 12.0. The van der Waals surface area contributed by atoms with Crippen LogP contribution < -0.4 is 14.8 Å². The average molecular weight is 425 g/mol. The quantitative estimate of drug-likeness (QED) is 0.580. The first-order valence-corrected chi connectivity index (χ1v) is 10.2. The molecule has 9 heteroatoms. The van der Waals surface area contributed by atoms with E-state index in [2.05, 4.69) is 15.3 Å². The number of thiazole rings is 1. The Balaban J connectivity index is 1.18. The minimum absolute atomic E-state index is 0.00697. The first-order valence-electron chi connectivity index (χ1n) is 9.34. The van der Waals surface area contributed by atoms with Crippen LogP contribution in [-0.4, -0.2) is 47.7 Å². The van der Waals surface area contributed by atoms with Gasteiger partial charge in [0, 0.05) is 11.6 Å². The predicted molar refractivity (Wildman–Crippen MR) is 109 cm³/mol. The zero-order chi connectivity index (χ0) is 20.8. The van der Waals surface area contributed by atoms with Gasteiger partial charge in [0.1, 0.15) is 17.7 Å². The van der Waals surface area contributed by atoms with E-state index in [-0.39, 0.29) is 25.7 Å². The highest BCUT2D eigenvalue weighted by atomic mass is 32.1. The van der Waals surface area contributed by atoms with Crippen LogP contribution in [0.4, 0.5) is 0 Å². The van der Waals surface area contributed by atoms with E-state index in [0.29, 0.717) is 23.8 Å². The molecule has 1 unspecified atom stereocenters. The van der Waals surface area contributed by atoms with Gasteiger partial charge in [-0.15, -0.1) is 11.3 Å². The highest BCUT2D eigenvalue weighted by Crippen LogP contribution is 2.30. The van der Waals surface area contributed by atoms with Crippen molar-refractivity contribution in [1.29, 1.82) is 0 Å². The van der Waals surface area contributed by atoms with Crippen LogP contribution in [0.1, 0.15) is 5.69 Å². The van der Waals surface area contributed by atoms with E-state index in [4.69, 9.17) is 14.2 Å². The average Bonchev–Trinajstić information content (AvgIpc) is 3.25. The Kier molecular flexibility index (Phi) is 6.19. The van der Waals surface area contributed by atoms with Crippen LogP contribution in [-0.2, 0) is 20.7 Å². The van der Waals surface area contributed by atoms with Crippen molar-refractivity contribution in [2.24, 2.45) is 0 Å². The molecule has 1 aliphatic rings. The van der Waals surface area contributed by atoms with E-state index < -0.39 is 11.9 Å². The Morgan fingerprint density at radius 1 is 1.17 bits per heavy atom. The lowest BCUT2D eigenvalue weighted by Gasteiger charge is -2.26. The molecule has 30 heavy (non-hydrogen) atoms. The van der Waals surface area contributed by atoms with Crippen molar-refractivity contribution in [3.63, 3.8) is 0 Å². The van der Waals surface area contributed by atoms with Crippen molar-refractivity contribution >= 4 is 23.2 Å². The summed E-state index contributed by atoms with van der Waals surface area (Å²) >= 11 is 1.40. The topological polar surface area (TPSA) is 99.6 Å². The van der Waals surface area contributed by atoms with Crippen LogP contribution in [0.2, 0.25) is 0 Å². The maximum atomic E-state index is 12.0. The lowest BCUT2D eigenvalue weighted by atomic mass is 10.2. The minimum atomic E-state index is -0.519. The third-order valence-electron chi connectivity index (χ3n) is 4.22. The molecule has 1 aliphatic heterocycles. The summed E-state index contributed by atoms with van der Waals surface area (Å²) in [5.41, 5.74) is 1.33. The number of fused-ring (bicyclic) bond motifs is 1. The van der Waals surface area contributed by atoms with Gasteiger partial charge in [0.2, 0.25) is 0 Å². The van der Waals surface area contributed by atoms with Crippen LogP contribution in [0, 0.1) is 0 Å². The van der Waals surface area contributed by atoms with Crippen molar-refractivity contribution in [1.82, 2.24) is 15.3 Å². The number of aromatic nitrogens is 2. The fraction of sp³-hybridized carbons (Fsp3) is 0.238. The molecule has 154 valence electrons. The lowest BCUT2D eigenvalue weighted by molar-refractivity contribution is -0.148. The van der Waals surface area contributed by atoms with Crippen LogP contribution in [0.25, 0.3) is 10.7 Å². The second-order valence-corrected chi connectivity index (χ2v) is 7.36. The van der Waals surface area contributed by atoms with E-state index >= 15 is 0 Å². The molecule has 0 saturated carbocycles. The van der Waals surface area contributed by atoms with Crippen LogP contribution in [0.15, 0.2) is 54.0 Å². The zero-order valence-electron chi connectivity index (χ0n) is 15.9. The Labute approximate surface area is 176 Å². The van der Waals surface area contributed by atoms with E-state index in [1.165, 1.54) is 11.3 Å². The molecule has 1 aromatic carbocycles. The number of nitrogens with zero attached hydrogens (tertiary/aromatic N) is 2. The number of para-hydroxylation sites is 2. The van der Waals surface area contributed by atoms with Gasteiger partial charge >= 0.3 is 5.97 Å². The van der Waals surface area contributed by atoms with Crippen molar-refractivity contribution in [2.75, 3.05) is 19.8 Å². The number of amides is 1. The predicted octanol–water partition coefficient (Wildman–Crippen LogP) is 2.25. The number of carbonyl (C=O) groups excluding carboxylic acids is 2. The van der Waals surface area contributed by atoms with Gasteiger partial charge in [-0.05, 0) is 24.3 Å². The number of nitrogens with one attached hydrogen (secondary N) is 1. The van der Waals surface area contributed by atoms with Crippen LogP contribution in [0.3, 0.4) is 0 Å². The molecule has 0 bridgehead atoms. The first-order chi connectivity index (χ1) is 14.7. The Bertz CT molecular complexity index is 1020. The third-order valence-corrected chi connectivity index (χ3v) is 5.13. The summed E-state index contributed by atoms with van der Waals surface area (Å²) in [5.74, 6) is 0.400. The molecule has 2 aromatic heterocycles. The molecular weight excluding hydrogens is 406 g/mol. The van der Waals surface area contributed by atoms with Crippen molar-refractivity contribution in [3.05, 3.63) is 59.7 Å². The second kappa shape index (κ2) is 9.36. The summed E-state index contributed by atoms with van der Waals surface area (Å²) in [6.45, 7) is 0.226. The third kappa shape index (κ3) is 5.12. The molecule has 1 amide bonds. The molecule has 3 heterocycles. The molecule has 8 nitrogen and oxygen atoms in total. The number of hydrogen-bond acceptors (Lipinski definition) is 8. The van der Waals surface area contributed by atoms with Crippen molar-refractivity contribution in [3.8, 4) is 22.2 Å². The van der Waals surface area contributed by atoms with E-state index in [0.717, 1.165) is 10.7 Å². The van der Waals surface area contributed by atoms with Gasteiger partial charge in [-0.2, -0.15) is 0 Å². The smallest absolute Gasteiger partial charge is 0.312 e. The molecule has 3 aromatic rings. The highest BCUT2D eigenvalue weighted by molar-refractivity contribution is 7.13. The molecule has 4 rings (SSSR count). The number of pyridine rings is 1. The minimum Gasteiger partial charge on any atom is -0.486 e. The van der Waals surface area contributed by atoms with Gasteiger partial charge in [0.05, 0.1) is 24.4 Å². The molecule has 1 atom stereocenters. The van der Waals surface area contributed by atoms with Crippen molar-refractivity contribution < 1.29 is 23.8 Å². The van der Waals surface area contributed by atoms with E-state index in [1.54, 1.807) is 11.6 Å². The van der Waals surface area contributed by atoms with Crippen molar-refractivity contribution in [2.45, 2.75) is 12.5 Å². The fourth-order valence-corrected chi connectivity index (χ4v) is 3.58. The lowest BCUT2D eigenvalue weighted by Crippen LogP contribution is -2.42. The largest absolute Gasteiger partial charge is 0.486 e. The van der Waals surface area contributed by atoms with Gasteiger partial charge in [-0.25, -0.2) is 4.98 Å². The summed E-state index contributed by atoms with van der Waals surface area (Å²) < 4.78 is 16.4. The van der Waals surface area contributed by atoms with E-state index in [1.807, 2.05) is 42.5 Å². The number of benzene rings is 1. The Hall–Kier alpha value is -3.46. The van der Waals surface area contributed by atoms with Crippen LogP contribution in [0.5, 0.6) is 11.5 Å². The molecule has 0 aliphatic carbocycles. The van der Waals surface area contributed by atoms with Gasteiger partial charge in [0.15, 0.2) is 18.1 Å². The van der Waals surface area contributed by atoms with Gasteiger partial charge < -0.3 is 19.5 Å². The molecule has 0 spiro atoms. The second-order valence-electron chi connectivity index (χ2n) is 6.50. The molecule has 0 saturated heterocycles.